The van der Waals surface area contributed by atoms with E-state index in [2.05, 4.69) is 5.32 Å². The van der Waals surface area contributed by atoms with Crippen LogP contribution in [0.5, 0.6) is 5.75 Å². The summed E-state index contributed by atoms with van der Waals surface area (Å²) in [6, 6.07) is 13.0. The number of nitrogens with zero attached hydrogens (tertiary/aromatic N) is 1. The predicted octanol–water partition coefficient (Wildman–Crippen LogP) is 4.61. The zero-order valence-corrected chi connectivity index (χ0v) is 18.1. The third-order valence-electron chi connectivity index (χ3n) is 4.88. The van der Waals surface area contributed by atoms with E-state index < -0.39 is 17.2 Å². The number of carbonyl (C=O) groups is 1. The molecule has 0 atom stereocenters. The van der Waals surface area contributed by atoms with E-state index in [1.54, 1.807) is 30.3 Å². The molecule has 0 bridgehead atoms. The van der Waals surface area contributed by atoms with E-state index >= 15 is 0 Å². The molecule has 1 aromatic heterocycles. The Labute approximate surface area is 189 Å². The first-order valence-electron chi connectivity index (χ1n) is 9.74. The Morgan fingerprint density at radius 2 is 1.84 bits per heavy atom. The molecular weight excluding hydrogens is 442 g/mol. The van der Waals surface area contributed by atoms with Gasteiger partial charge in [0.25, 0.3) is 11.5 Å². The number of nitrogens with one attached hydrogen (secondary N) is 1. The number of pyridine rings is 1. The molecule has 0 radical (unpaired) electrons. The lowest BCUT2D eigenvalue weighted by atomic mass is 10.1. The van der Waals surface area contributed by atoms with E-state index in [0.717, 1.165) is 5.56 Å². The largest absolute Gasteiger partial charge is 0.502 e. The second-order valence-electron chi connectivity index (χ2n) is 7.03. The summed E-state index contributed by atoms with van der Waals surface area (Å²) in [6.45, 7) is 0.535. The Balaban J connectivity index is 1.56. The minimum atomic E-state index is -0.695. The SMILES string of the molecule is O=C(NCCCc1ccc(Cl)c(Cl)c1)c1ccn(CCc2ccccc2F)c(=O)c1O. The monoisotopic (exact) mass is 462 g/mol. The normalized spacial score (nSPS) is 10.8. The zero-order valence-electron chi connectivity index (χ0n) is 16.6. The fourth-order valence-corrected chi connectivity index (χ4v) is 3.47. The van der Waals surface area contributed by atoms with Crippen LogP contribution in [0.4, 0.5) is 4.39 Å². The van der Waals surface area contributed by atoms with Crippen molar-refractivity contribution in [2.75, 3.05) is 6.54 Å². The van der Waals surface area contributed by atoms with Crippen LogP contribution in [0, 0.1) is 5.82 Å². The second-order valence-corrected chi connectivity index (χ2v) is 7.84. The summed E-state index contributed by atoms with van der Waals surface area (Å²) in [4.78, 5) is 24.7. The Kier molecular flexibility index (Phi) is 7.71. The molecular formula is C23H21Cl2FN2O3. The first-order valence-corrected chi connectivity index (χ1v) is 10.5. The number of rotatable bonds is 8. The summed E-state index contributed by atoms with van der Waals surface area (Å²) in [6.07, 6.45) is 3.03. The molecule has 31 heavy (non-hydrogen) atoms. The maximum atomic E-state index is 13.7. The van der Waals surface area contributed by atoms with Crippen molar-refractivity contribution in [3.63, 3.8) is 0 Å². The fourth-order valence-electron chi connectivity index (χ4n) is 3.15. The highest BCUT2D eigenvalue weighted by Crippen LogP contribution is 2.23. The average molecular weight is 463 g/mol. The van der Waals surface area contributed by atoms with Gasteiger partial charge in [-0.25, -0.2) is 4.39 Å². The fraction of sp³-hybridized carbons (Fsp3) is 0.217. The van der Waals surface area contributed by atoms with Crippen molar-refractivity contribution < 1.29 is 14.3 Å². The molecule has 0 aliphatic rings. The van der Waals surface area contributed by atoms with Gasteiger partial charge in [0, 0.05) is 19.3 Å². The van der Waals surface area contributed by atoms with Gasteiger partial charge in [-0.3, -0.25) is 9.59 Å². The van der Waals surface area contributed by atoms with Crippen LogP contribution in [-0.2, 0) is 19.4 Å². The molecule has 2 N–H and O–H groups in total. The number of aryl methyl sites for hydroxylation is 3. The number of carbonyl (C=O) groups excluding carboxylic acids is 1. The van der Waals surface area contributed by atoms with Gasteiger partial charge < -0.3 is 15.0 Å². The summed E-state index contributed by atoms with van der Waals surface area (Å²) in [5, 5.41) is 13.8. The molecule has 0 aliphatic carbocycles. The summed E-state index contributed by atoms with van der Waals surface area (Å²) in [5.41, 5.74) is 0.670. The van der Waals surface area contributed by atoms with Crippen molar-refractivity contribution in [3.8, 4) is 5.75 Å². The third-order valence-corrected chi connectivity index (χ3v) is 5.62. The van der Waals surface area contributed by atoms with Crippen molar-refractivity contribution >= 4 is 29.1 Å². The Morgan fingerprint density at radius 1 is 1.06 bits per heavy atom. The van der Waals surface area contributed by atoms with Crippen LogP contribution in [0.15, 0.2) is 59.5 Å². The quantitative estimate of drug-likeness (QED) is 0.480. The van der Waals surface area contributed by atoms with Crippen LogP contribution in [-0.4, -0.2) is 22.1 Å². The van der Waals surface area contributed by atoms with Gasteiger partial charge >= 0.3 is 0 Å². The third kappa shape index (κ3) is 5.87. The molecule has 2 aromatic carbocycles. The molecule has 5 nitrogen and oxygen atoms in total. The number of aromatic hydroxyl groups is 1. The maximum Gasteiger partial charge on any atom is 0.293 e. The number of amides is 1. The molecule has 162 valence electrons. The van der Waals surface area contributed by atoms with E-state index in [-0.39, 0.29) is 24.3 Å². The molecule has 0 unspecified atom stereocenters. The van der Waals surface area contributed by atoms with Crippen LogP contribution in [0.25, 0.3) is 0 Å². The smallest absolute Gasteiger partial charge is 0.293 e. The van der Waals surface area contributed by atoms with Crippen molar-refractivity contribution in [2.24, 2.45) is 0 Å². The van der Waals surface area contributed by atoms with Crippen molar-refractivity contribution in [2.45, 2.75) is 25.8 Å². The Bertz CT molecular complexity index is 1150. The number of benzene rings is 2. The van der Waals surface area contributed by atoms with Gasteiger partial charge in [-0.2, -0.15) is 0 Å². The van der Waals surface area contributed by atoms with Crippen molar-refractivity contribution in [1.82, 2.24) is 9.88 Å². The Morgan fingerprint density at radius 3 is 2.58 bits per heavy atom. The highest BCUT2D eigenvalue weighted by atomic mass is 35.5. The first-order chi connectivity index (χ1) is 14.9. The van der Waals surface area contributed by atoms with Gasteiger partial charge in [-0.05, 0) is 54.7 Å². The molecule has 0 saturated heterocycles. The lowest BCUT2D eigenvalue weighted by Crippen LogP contribution is -2.28. The molecule has 1 heterocycles. The Hall–Kier alpha value is -2.83. The van der Waals surface area contributed by atoms with Gasteiger partial charge in [0.05, 0.1) is 15.6 Å². The van der Waals surface area contributed by atoms with Gasteiger partial charge in [0.2, 0.25) is 0 Å². The van der Waals surface area contributed by atoms with E-state index in [1.165, 1.54) is 22.9 Å². The van der Waals surface area contributed by atoms with E-state index in [9.17, 15) is 19.1 Å². The van der Waals surface area contributed by atoms with Crippen LogP contribution in [0.3, 0.4) is 0 Å². The summed E-state index contributed by atoms with van der Waals surface area (Å²) in [7, 11) is 0. The lowest BCUT2D eigenvalue weighted by Gasteiger charge is -2.10. The molecule has 1 amide bonds. The number of halogens is 3. The summed E-state index contributed by atoms with van der Waals surface area (Å²) in [5.74, 6) is -1.51. The molecule has 3 rings (SSSR count). The molecule has 0 fully saturated rings. The molecule has 0 aliphatic heterocycles. The molecule has 0 spiro atoms. The van der Waals surface area contributed by atoms with E-state index in [4.69, 9.17) is 23.2 Å². The minimum Gasteiger partial charge on any atom is -0.502 e. The first kappa shape index (κ1) is 22.8. The van der Waals surface area contributed by atoms with E-state index in [1.807, 2.05) is 6.07 Å². The number of aromatic nitrogens is 1. The maximum absolute atomic E-state index is 13.7. The predicted molar refractivity (Wildman–Crippen MR) is 120 cm³/mol. The van der Waals surface area contributed by atoms with Gasteiger partial charge in [-0.15, -0.1) is 0 Å². The molecule has 3 aromatic rings. The number of hydrogen-bond acceptors (Lipinski definition) is 3. The van der Waals surface area contributed by atoms with Crippen molar-refractivity contribution in [3.05, 3.63) is 97.6 Å². The average Bonchev–Trinajstić information content (AvgIpc) is 2.75. The summed E-state index contributed by atoms with van der Waals surface area (Å²) < 4.78 is 15.0. The minimum absolute atomic E-state index is 0.0957. The van der Waals surface area contributed by atoms with Crippen LogP contribution < -0.4 is 10.9 Å². The molecule has 8 heteroatoms. The topological polar surface area (TPSA) is 71.3 Å². The lowest BCUT2D eigenvalue weighted by molar-refractivity contribution is 0.0950. The van der Waals surface area contributed by atoms with Crippen molar-refractivity contribution in [1.29, 1.82) is 0 Å². The highest BCUT2D eigenvalue weighted by Gasteiger charge is 2.15. The number of hydrogen-bond donors (Lipinski definition) is 2. The zero-order chi connectivity index (χ0) is 22.4. The standard InChI is InChI=1S/C23H21Cl2FN2O3/c24-18-8-7-15(14-19(18)25)4-3-11-27-22(30)17-10-13-28(23(31)21(17)29)12-9-16-5-1-2-6-20(16)26/h1-2,5-8,10,13-14,29H,3-4,9,11-12H2,(H,27,30). The van der Waals surface area contributed by atoms with Crippen LogP contribution >= 0.6 is 23.2 Å². The van der Waals surface area contributed by atoms with Crippen LogP contribution in [0.1, 0.15) is 27.9 Å². The second kappa shape index (κ2) is 10.5. The van der Waals surface area contributed by atoms with E-state index in [0.29, 0.717) is 35.0 Å². The van der Waals surface area contributed by atoms with Crippen LogP contribution in [0.2, 0.25) is 10.0 Å². The summed E-state index contributed by atoms with van der Waals surface area (Å²) >= 11 is 11.9. The molecule has 0 saturated carbocycles. The van der Waals surface area contributed by atoms with Gasteiger partial charge in [0.1, 0.15) is 5.82 Å². The highest BCUT2D eigenvalue weighted by molar-refractivity contribution is 6.42. The van der Waals surface area contributed by atoms with Gasteiger partial charge in [0.15, 0.2) is 5.75 Å². The van der Waals surface area contributed by atoms with Gasteiger partial charge in [-0.1, -0.05) is 47.5 Å².